The second-order valence-electron chi connectivity index (χ2n) is 7.03. The maximum atomic E-state index is 10.3. The van der Waals surface area contributed by atoms with E-state index < -0.39 is 6.10 Å². The van der Waals surface area contributed by atoms with Crippen LogP contribution in [-0.2, 0) is 6.54 Å². The second kappa shape index (κ2) is 12.7. The third kappa shape index (κ3) is 7.87. The van der Waals surface area contributed by atoms with Gasteiger partial charge in [-0.2, -0.15) is 0 Å². The van der Waals surface area contributed by atoms with Crippen molar-refractivity contribution in [2.75, 3.05) is 26.2 Å². The molecule has 2 aromatic heterocycles. The molecule has 158 valence electrons. The number of aliphatic hydroxyl groups excluding tert-OH is 1. The molecule has 3 N–H and O–H groups in total. The van der Waals surface area contributed by atoms with Gasteiger partial charge in [-0.05, 0) is 49.6 Å². The Bertz CT molecular complexity index is 722. The van der Waals surface area contributed by atoms with Crippen LogP contribution in [0.5, 0.6) is 0 Å². The molecular formula is C21H31IN6O. The molecule has 1 aliphatic heterocycles. The molecule has 0 aliphatic carbocycles. The van der Waals surface area contributed by atoms with Crippen LogP contribution in [0.25, 0.3) is 0 Å². The molecule has 3 heterocycles. The summed E-state index contributed by atoms with van der Waals surface area (Å²) in [6.07, 6.45) is 6.71. The van der Waals surface area contributed by atoms with Gasteiger partial charge in [-0.25, -0.2) is 0 Å². The van der Waals surface area contributed by atoms with Crippen molar-refractivity contribution in [3.8, 4) is 0 Å². The second-order valence-corrected chi connectivity index (χ2v) is 7.03. The molecule has 1 unspecified atom stereocenters. The number of aliphatic imine (C=N–C) groups is 1. The summed E-state index contributed by atoms with van der Waals surface area (Å²) in [4.78, 5) is 15.4. The van der Waals surface area contributed by atoms with Crippen molar-refractivity contribution < 1.29 is 5.11 Å². The minimum atomic E-state index is -0.626. The highest BCUT2D eigenvalue weighted by Crippen LogP contribution is 2.14. The Morgan fingerprint density at radius 1 is 1.21 bits per heavy atom. The van der Waals surface area contributed by atoms with Crippen LogP contribution < -0.4 is 10.6 Å². The molecule has 1 atom stereocenters. The molecule has 29 heavy (non-hydrogen) atoms. The average Bonchev–Trinajstić information content (AvgIpc) is 2.75. The SMILES string of the molecule is CCNC(=NCC(O)c1ccncc1)NC1CCN(Cc2ccccn2)CC1.I. The maximum Gasteiger partial charge on any atom is 0.191 e. The fourth-order valence-corrected chi connectivity index (χ4v) is 3.34. The predicted octanol–water partition coefficient (Wildman–Crippen LogP) is 2.35. The Morgan fingerprint density at radius 3 is 2.62 bits per heavy atom. The first-order valence-corrected chi connectivity index (χ1v) is 9.99. The molecule has 0 amide bonds. The van der Waals surface area contributed by atoms with Crippen LogP contribution in [0.1, 0.15) is 37.1 Å². The maximum absolute atomic E-state index is 10.3. The number of guanidine groups is 1. The number of halogens is 1. The summed E-state index contributed by atoms with van der Waals surface area (Å²) in [7, 11) is 0. The van der Waals surface area contributed by atoms with Gasteiger partial charge in [0.25, 0.3) is 0 Å². The fraction of sp³-hybridized carbons (Fsp3) is 0.476. The lowest BCUT2D eigenvalue weighted by molar-refractivity contribution is 0.186. The van der Waals surface area contributed by atoms with E-state index in [1.807, 2.05) is 37.4 Å². The molecule has 0 spiro atoms. The van der Waals surface area contributed by atoms with E-state index in [0.717, 1.165) is 56.2 Å². The molecule has 1 saturated heterocycles. The lowest BCUT2D eigenvalue weighted by Gasteiger charge is -2.32. The number of hydrogen-bond donors (Lipinski definition) is 3. The molecule has 1 aliphatic rings. The summed E-state index contributed by atoms with van der Waals surface area (Å²) < 4.78 is 0. The largest absolute Gasteiger partial charge is 0.386 e. The van der Waals surface area contributed by atoms with Crippen LogP contribution in [0.4, 0.5) is 0 Å². The zero-order valence-electron chi connectivity index (χ0n) is 16.9. The van der Waals surface area contributed by atoms with Crippen molar-refractivity contribution in [2.45, 2.75) is 38.5 Å². The summed E-state index contributed by atoms with van der Waals surface area (Å²) in [5.41, 5.74) is 1.95. The molecule has 0 bridgehead atoms. The van der Waals surface area contributed by atoms with Crippen LogP contribution >= 0.6 is 24.0 Å². The van der Waals surface area contributed by atoms with Crippen LogP contribution in [0, 0.1) is 0 Å². The molecule has 0 radical (unpaired) electrons. The van der Waals surface area contributed by atoms with E-state index in [2.05, 4.69) is 36.6 Å². The number of piperidine rings is 1. The highest BCUT2D eigenvalue weighted by Gasteiger charge is 2.20. The van der Waals surface area contributed by atoms with E-state index in [-0.39, 0.29) is 24.0 Å². The van der Waals surface area contributed by atoms with E-state index in [0.29, 0.717) is 12.6 Å². The van der Waals surface area contributed by atoms with Gasteiger partial charge in [0.05, 0.1) is 18.3 Å². The van der Waals surface area contributed by atoms with Gasteiger partial charge in [0, 0.05) is 50.8 Å². The van der Waals surface area contributed by atoms with Crippen LogP contribution in [-0.4, -0.2) is 58.2 Å². The van der Waals surface area contributed by atoms with Gasteiger partial charge in [0.15, 0.2) is 5.96 Å². The predicted molar refractivity (Wildman–Crippen MR) is 126 cm³/mol. The highest BCUT2D eigenvalue weighted by atomic mass is 127. The standard InChI is InChI=1S/C21H30N6O.HI/c1-2-23-21(25-15-20(28)17-6-11-22-12-7-17)26-18-8-13-27(14-9-18)16-19-5-3-4-10-24-19;/h3-7,10-12,18,20,28H,2,8-9,13-16H2,1H3,(H2,23,25,26);1H. The van der Waals surface area contributed by atoms with Crippen LogP contribution in [0.2, 0.25) is 0 Å². The van der Waals surface area contributed by atoms with Crippen molar-refractivity contribution >= 4 is 29.9 Å². The van der Waals surface area contributed by atoms with Gasteiger partial charge in [-0.3, -0.25) is 19.9 Å². The molecule has 1 fully saturated rings. The van der Waals surface area contributed by atoms with Crippen molar-refractivity contribution in [3.63, 3.8) is 0 Å². The first-order chi connectivity index (χ1) is 13.7. The summed E-state index contributed by atoms with van der Waals surface area (Å²) in [5, 5.41) is 17.1. The highest BCUT2D eigenvalue weighted by molar-refractivity contribution is 14.0. The number of hydrogen-bond acceptors (Lipinski definition) is 5. The molecule has 3 rings (SSSR count). The number of pyridine rings is 2. The number of rotatable bonds is 7. The van der Waals surface area contributed by atoms with Gasteiger partial charge in [0.2, 0.25) is 0 Å². The first kappa shape index (κ1) is 23.5. The lowest BCUT2D eigenvalue weighted by atomic mass is 10.0. The fourth-order valence-electron chi connectivity index (χ4n) is 3.34. The zero-order chi connectivity index (χ0) is 19.6. The Hall–Kier alpha value is -1.78. The van der Waals surface area contributed by atoms with Crippen molar-refractivity contribution in [1.29, 1.82) is 0 Å². The minimum Gasteiger partial charge on any atom is -0.386 e. The Morgan fingerprint density at radius 2 is 1.97 bits per heavy atom. The first-order valence-electron chi connectivity index (χ1n) is 9.99. The van der Waals surface area contributed by atoms with E-state index in [1.165, 1.54) is 0 Å². The minimum absolute atomic E-state index is 0. The van der Waals surface area contributed by atoms with Crippen LogP contribution in [0.15, 0.2) is 53.9 Å². The summed E-state index contributed by atoms with van der Waals surface area (Å²) >= 11 is 0. The van der Waals surface area contributed by atoms with Gasteiger partial charge < -0.3 is 15.7 Å². The number of aromatic nitrogens is 2. The molecule has 0 saturated carbocycles. The molecule has 0 aromatic carbocycles. The number of nitrogens with one attached hydrogen (secondary N) is 2. The summed E-state index contributed by atoms with van der Waals surface area (Å²) in [6, 6.07) is 10.1. The van der Waals surface area contributed by atoms with E-state index in [1.54, 1.807) is 12.4 Å². The normalized spacial score (nSPS) is 16.7. The molecular weight excluding hydrogens is 479 g/mol. The molecule has 7 nitrogen and oxygen atoms in total. The summed E-state index contributed by atoms with van der Waals surface area (Å²) in [6.45, 7) is 6.12. The van der Waals surface area contributed by atoms with Gasteiger partial charge in [0.1, 0.15) is 0 Å². The van der Waals surface area contributed by atoms with E-state index in [9.17, 15) is 5.11 Å². The van der Waals surface area contributed by atoms with E-state index >= 15 is 0 Å². The van der Waals surface area contributed by atoms with Gasteiger partial charge in [-0.1, -0.05) is 6.07 Å². The number of likely N-dealkylation sites (tertiary alicyclic amines) is 1. The third-order valence-electron chi connectivity index (χ3n) is 4.90. The number of nitrogens with zero attached hydrogens (tertiary/aromatic N) is 4. The lowest BCUT2D eigenvalue weighted by Crippen LogP contribution is -2.48. The van der Waals surface area contributed by atoms with Crippen LogP contribution in [0.3, 0.4) is 0 Å². The Labute approximate surface area is 190 Å². The van der Waals surface area contributed by atoms with Crippen molar-refractivity contribution in [1.82, 2.24) is 25.5 Å². The van der Waals surface area contributed by atoms with Crippen molar-refractivity contribution in [2.24, 2.45) is 4.99 Å². The molecule has 8 heteroatoms. The van der Waals surface area contributed by atoms with Gasteiger partial charge >= 0.3 is 0 Å². The topological polar surface area (TPSA) is 85.7 Å². The van der Waals surface area contributed by atoms with E-state index in [4.69, 9.17) is 0 Å². The van der Waals surface area contributed by atoms with Gasteiger partial charge in [-0.15, -0.1) is 24.0 Å². The Kier molecular flexibility index (Phi) is 10.3. The zero-order valence-corrected chi connectivity index (χ0v) is 19.2. The van der Waals surface area contributed by atoms with Crippen molar-refractivity contribution in [3.05, 3.63) is 60.2 Å². The smallest absolute Gasteiger partial charge is 0.191 e. The molecule has 2 aromatic rings. The Balaban J connectivity index is 0.00000300. The quantitative estimate of drug-likeness (QED) is 0.301. The third-order valence-corrected chi connectivity index (χ3v) is 4.90. The summed E-state index contributed by atoms with van der Waals surface area (Å²) in [5.74, 6) is 0.763. The average molecular weight is 510 g/mol. The number of aliphatic hydroxyl groups is 1. The monoisotopic (exact) mass is 510 g/mol.